The van der Waals surface area contributed by atoms with Crippen molar-refractivity contribution in [3.63, 3.8) is 0 Å². The van der Waals surface area contributed by atoms with Crippen LogP contribution in [-0.2, 0) is 20.1 Å². The molecule has 0 spiro atoms. The van der Waals surface area contributed by atoms with Crippen LogP contribution in [0, 0.1) is 6.92 Å². The van der Waals surface area contributed by atoms with E-state index in [2.05, 4.69) is 20.4 Å². The van der Waals surface area contributed by atoms with E-state index in [0.29, 0.717) is 0 Å². The summed E-state index contributed by atoms with van der Waals surface area (Å²) >= 11 is 0. The van der Waals surface area contributed by atoms with Crippen molar-refractivity contribution in [1.29, 1.82) is 0 Å². The van der Waals surface area contributed by atoms with Gasteiger partial charge in [0, 0.05) is 25.4 Å². The number of hydrogen-bond acceptors (Lipinski definition) is 3. The zero-order valence-corrected chi connectivity index (χ0v) is 11.1. The maximum absolute atomic E-state index is 4.53. The first-order valence-electron chi connectivity index (χ1n) is 6.36. The van der Waals surface area contributed by atoms with Crippen molar-refractivity contribution in [2.75, 3.05) is 0 Å². The molecule has 3 rings (SSSR count). The first-order chi connectivity index (χ1) is 9.22. The summed E-state index contributed by atoms with van der Waals surface area (Å²) in [6.45, 7) is 3.55. The lowest BCUT2D eigenvalue weighted by Crippen LogP contribution is -2.13. The minimum Gasteiger partial charge on any atom is -0.341 e. The minimum atomic E-state index is 0.725. The van der Waals surface area contributed by atoms with E-state index in [4.69, 9.17) is 0 Å². The molecule has 0 aliphatic rings. The Morgan fingerprint density at radius 2 is 2.11 bits per heavy atom. The number of aromatic nitrogens is 4. The molecule has 5 heteroatoms. The van der Waals surface area contributed by atoms with Gasteiger partial charge < -0.3 is 10.3 Å². The number of nitrogens with zero attached hydrogens (tertiary/aromatic N) is 3. The fraction of sp³-hybridized carbons (Fsp3) is 0.286. The number of hydrogen-bond donors (Lipinski definition) is 2. The highest BCUT2D eigenvalue weighted by atomic mass is 15.2. The Morgan fingerprint density at radius 3 is 2.84 bits per heavy atom. The van der Waals surface area contributed by atoms with E-state index in [0.717, 1.165) is 35.6 Å². The molecule has 2 aromatic heterocycles. The average molecular weight is 255 g/mol. The predicted molar refractivity (Wildman–Crippen MR) is 74.6 cm³/mol. The summed E-state index contributed by atoms with van der Waals surface area (Å²) in [5, 5.41) is 7.71. The topological polar surface area (TPSA) is 58.5 Å². The summed E-state index contributed by atoms with van der Waals surface area (Å²) in [5.74, 6) is 0.961. The van der Waals surface area contributed by atoms with Crippen molar-refractivity contribution in [1.82, 2.24) is 25.1 Å². The fourth-order valence-corrected chi connectivity index (χ4v) is 2.23. The van der Waals surface area contributed by atoms with E-state index in [1.54, 1.807) is 0 Å². The molecular weight excluding hydrogens is 238 g/mol. The average Bonchev–Trinajstić information content (AvgIpc) is 2.92. The number of H-pyrrole nitrogens is 1. The Balaban J connectivity index is 1.64. The number of nitrogens with one attached hydrogen (secondary N) is 2. The molecule has 3 aromatic rings. The van der Waals surface area contributed by atoms with Gasteiger partial charge in [0.15, 0.2) is 0 Å². The molecule has 19 heavy (non-hydrogen) atoms. The molecule has 0 bridgehead atoms. The number of aryl methyl sites for hydroxylation is 2. The van der Waals surface area contributed by atoms with Gasteiger partial charge in [0.1, 0.15) is 5.82 Å². The second kappa shape index (κ2) is 4.85. The molecule has 0 atom stereocenters. The van der Waals surface area contributed by atoms with Gasteiger partial charge in [-0.1, -0.05) is 12.1 Å². The van der Waals surface area contributed by atoms with E-state index < -0.39 is 0 Å². The van der Waals surface area contributed by atoms with Crippen molar-refractivity contribution in [2.45, 2.75) is 20.0 Å². The smallest absolute Gasteiger partial charge is 0.121 e. The number of benzene rings is 1. The Labute approximate surface area is 111 Å². The molecular formula is C14H17N5. The van der Waals surface area contributed by atoms with E-state index in [9.17, 15) is 0 Å². The van der Waals surface area contributed by atoms with Crippen LogP contribution in [0.15, 0.2) is 30.5 Å². The summed E-state index contributed by atoms with van der Waals surface area (Å²) in [5.41, 5.74) is 4.38. The molecule has 0 fully saturated rings. The van der Waals surface area contributed by atoms with Crippen LogP contribution in [0.2, 0.25) is 0 Å². The summed E-state index contributed by atoms with van der Waals surface area (Å²) in [6.07, 6.45) is 2.04. The summed E-state index contributed by atoms with van der Waals surface area (Å²) in [4.78, 5) is 7.84. The van der Waals surface area contributed by atoms with Gasteiger partial charge in [0.05, 0.1) is 23.3 Å². The maximum Gasteiger partial charge on any atom is 0.121 e. The summed E-state index contributed by atoms with van der Waals surface area (Å²) < 4.78 is 1.84. The Kier molecular flexibility index (Phi) is 3.05. The number of para-hydroxylation sites is 2. The van der Waals surface area contributed by atoms with Gasteiger partial charge in [0.2, 0.25) is 0 Å². The molecule has 2 heterocycles. The fourth-order valence-electron chi connectivity index (χ4n) is 2.23. The van der Waals surface area contributed by atoms with Crippen molar-refractivity contribution in [3.05, 3.63) is 47.5 Å². The normalized spacial score (nSPS) is 11.3. The van der Waals surface area contributed by atoms with Crippen molar-refractivity contribution in [3.8, 4) is 0 Å². The number of fused-ring (bicyclic) bond motifs is 1. The molecule has 98 valence electrons. The lowest BCUT2D eigenvalue weighted by Gasteiger charge is -2.00. The molecule has 5 nitrogen and oxygen atoms in total. The van der Waals surface area contributed by atoms with E-state index >= 15 is 0 Å². The molecule has 0 saturated carbocycles. The lowest BCUT2D eigenvalue weighted by atomic mass is 10.2. The van der Waals surface area contributed by atoms with Gasteiger partial charge in [-0.25, -0.2) is 4.98 Å². The summed E-state index contributed by atoms with van der Waals surface area (Å²) in [7, 11) is 1.94. The van der Waals surface area contributed by atoms with Gasteiger partial charge >= 0.3 is 0 Å². The van der Waals surface area contributed by atoms with E-state index in [1.165, 1.54) is 5.56 Å². The highest BCUT2D eigenvalue weighted by Gasteiger charge is 2.04. The minimum absolute atomic E-state index is 0.725. The predicted octanol–water partition coefficient (Wildman–Crippen LogP) is 1.89. The van der Waals surface area contributed by atoms with Crippen LogP contribution in [0.3, 0.4) is 0 Å². The second-order valence-electron chi connectivity index (χ2n) is 4.72. The van der Waals surface area contributed by atoms with Gasteiger partial charge in [-0.05, 0) is 19.1 Å². The standard InChI is InChI=1S/C14H17N5/c1-10-11(9-19(2)18-10)7-15-8-14-16-12-5-3-4-6-13(12)17-14/h3-6,9,15H,7-8H2,1-2H3,(H,16,17). The molecule has 0 unspecified atom stereocenters. The molecule has 0 aliphatic heterocycles. The van der Waals surface area contributed by atoms with Crippen LogP contribution in [0.4, 0.5) is 0 Å². The monoisotopic (exact) mass is 255 g/mol. The highest BCUT2D eigenvalue weighted by Crippen LogP contribution is 2.10. The van der Waals surface area contributed by atoms with Crippen LogP contribution in [0.25, 0.3) is 11.0 Å². The van der Waals surface area contributed by atoms with Gasteiger partial charge in [0.25, 0.3) is 0 Å². The molecule has 0 aliphatic carbocycles. The van der Waals surface area contributed by atoms with E-state index in [1.807, 2.05) is 49.1 Å². The summed E-state index contributed by atoms with van der Waals surface area (Å²) in [6, 6.07) is 8.06. The van der Waals surface area contributed by atoms with Crippen molar-refractivity contribution < 1.29 is 0 Å². The first-order valence-corrected chi connectivity index (χ1v) is 6.36. The number of aromatic amines is 1. The third kappa shape index (κ3) is 2.51. The van der Waals surface area contributed by atoms with Gasteiger partial charge in [-0.2, -0.15) is 5.10 Å². The SMILES string of the molecule is Cc1nn(C)cc1CNCc1nc2ccccc2[nH]1. The van der Waals surface area contributed by atoms with Crippen LogP contribution < -0.4 is 5.32 Å². The van der Waals surface area contributed by atoms with Crippen LogP contribution in [-0.4, -0.2) is 19.7 Å². The second-order valence-corrected chi connectivity index (χ2v) is 4.72. The lowest BCUT2D eigenvalue weighted by molar-refractivity contribution is 0.668. The molecule has 0 radical (unpaired) electrons. The first kappa shape index (κ1) is 11.9. The quantitative estimate of drug-likeness (QED) is 0.748. The zero-order chi connectivity index (χ0) is 13.2. The third-order valence-electron chi connectivity index (χ3n) is 3.16. The van der Waals surface area contributed by atoms with Crippen LogP contribution in [0.5, 0.6) is 0 Å². The Bertz CT molecular complexity index is 662. The van der Waals surface area contributed by atoms with Gasteiger partial charge in [-0.3, -0.25) is 4.68 Å². The largest absolute Gasteiger partial charge is 0.341 e. The Hall–Kier alpha value is -2.14. The third-order valence-corrected chi connectivity index (χ3v) is 3.16. The maximum atomic E-state index is 4.53. The van der Waals surface area contributed by atoms with E-state index in [-0.39, 0.29) is 0 Å². The molecule has 0 saturated heterocycles. The molecule has 1 aromatic carbocycles. The highest BCUT2D eigenvalue weighted by molar-refractivity contribution is 5.74. The zero-order valence-electron chi connectivity index (χ0n) is 11.1. The van der Waals surface area contributed by atoms with Crippen LogP contribution >= 0.6 is 0 Å². The van der Waals surface area contributed by atoms with Crippen molar-refractivity contribution >= 4 is 11.0 Å². The number of imidazole rings is 1. The number of rotatable bonds is 4. The van der Waals surface area contributed by atoms with Crippen LogP contribution in [0.1, 0.15) is 17.1 Å². The Morgan fingerprint density at radius 1 is 1.26 bits per heavy atom. The van der Waals surface area contributed by atoms with Gasteiger partial charge in [-0.15, -0.1) is 0 Å². The van der Waals surface area contributed by atoms with Crippen molar-refractivity contribution in [2.24, 2.45) is 7.05 Å². The molecule has 0 amide bonds. The molecule has 2 N–H and O–H groups in total.